The van der Waals surface area contributed by atoms with Crippen molar-refractivity contribution in [3.05, 3.63) is 198 Å². The highest BCUT2D eigenvalue weighted by atomic mass is 15.1. The van der Waals surface area contributed by atoms with E-state index in [4.69, 9.17) is 0 Å². The van der Waals surface area contributed by atoms with Gasteiger partial charge in [0.1, 0.15) is 0 Å². The maximum atomic E-state index is 2.47. The van der Waals surface area contributed by atoms with Crippen molar-refractivity contribution in [2.75, 3.05) is 4.90 Å². The normalized spacial score (nSPS) is 14.3. The van der Waals surface area contributed by atoms with Gasteiger partial charge in [-0.15, -0.1) is 0 Å². The Morgan fingerprint density at radius 3 is 1.62 bits per heavy atom. The first kappa shape index (κ1) is 31.5. The van der Waals surface area contributed by atoms with Gasteiger partial charge in [0.05, 0.1) is 0 Å². The molecule has 53 heavy (non-hydrogen) atoms. The number of nitrogens with zero attached hydrogens (tertiary/aromatic N) is 1. The van der Waals surface area contributed by atoms with Crippen LogP contribution in [0.5, 0.6) is 0 Å². The van der Waals surface area contributed by atoms with Crippen LogP contribution in [0.3, 0.4) is 0 Å². The Balaban J connectivity index is 1.20. The molecule has 0 saturated heterocycles. The number of rotatable bonds is 5. The van der Waals surface area contributed by atoms with Gasteiger partial charge < -0.3 is 4.90 Å². The summed E-state index contributed by atoms with van der Waals surface area (Å²) in [5.74, 6) is 0. The fraction of sp³-hybridized carbons (Fsp3) is 0.115. The van der Waals surface area contributed by atoms with Crippen LogP contribution in [0, 0.1) is 0 Å². The standard InChI is InChI=1S/C52H41N/c1-51(2)47-20-12-10-18-42(47)45-31-40(28-29-49(45)51)53(39-26-24-35(25-27-39)38-23-22-34-14-8-9-17-37(34)30-38)41-32-44(36-15-6-5-7-16-36)50-46(33-41)43-19-11-13-21-48(43)52(50,3)4/h5-33H,1-4H3. The molecule has 0 N–H and O–H groups in total. The lowest BCUT2D eigenvalue weighted by Crippen LogP contribution is -2.17. The van der Waals surface area contributed by atoms with E-state index in [0.29, 0.717) is 0 Å². The molecule has 254 valence electrons. The van der Waals surface area contributed by atoms with E-state index in [1.165, 1.54) is 77.5 Å². The van der Waals surface area contributed by atoms with Crippen molar-refractivity contribution < 1.29 is 0 Å². The summed E-state index contributed by atoms with van der Waals surface area (Å²) in [6.07, 6.45) is 0. The van der Waals surface area contributed by atoms with Crippen molar-refractivity contribution >= 4 is 27.8 Å². The molecule has 0 aromatic heterocycles. The van der Waals surface area contributed by atoms with Crippen LogP contribution in [0.25, 0.3) is 55.3 Å². The van der Waals surface area contributed by atoms with Gasteiger partial charge in [-0.2, -0.15) is 0 Å². The predicted octanol–water partition coefficient (Wildman–Crippen LogP) is 14.3. The molecule has 8 aromatic rings. The van der Waals surface area contributed by atoms with E-state index in [0.717, 1.165) is 17.1 Å². The lowest BCUT2D eigenvalue weighted by atomic mass is 9.78. The first-order chi connectivity index (χ1) is 25.8. The first-order valence-electron chi connectivity index (χ1n) is 18.8. The average molecular weight is 680 g/mol. The second-order valence-corrected chi connectivity index (χ2v) is 15.8. The Labute approximate surface area is 312 Å². The van der Waals surface area contributed by atoms with E-state index in [1.807, 2.05) is 0 Å². The van der Waals surface area contributed by atoms with Crippen LogP contribution in [0.2, 0.25) is 0 Å². The Kier molecular flexibility index (Phi) is 6.94. The van der Waals surface area contributed by atoms with Crippen molar-refractivity contribution in [2.24, 2.45) is 0 Å². The second kappa shape index (κ2) is 11.7. The van der Waals surface area contributed by atoms with E-state index in [1.54, 1.807) is 0 Å². The molecular formula is C52H41N. The molecule has 0 atom stereocenters. The molecule has 0 bridgehead atoms. The Hall–Kier alpha value is -6.18. The average Bonchev–Trinajstić information content (AvgIpc) is 3.57. The van der Waals surface area contributed by atoms with Crippen LogP contribution in [0.4, 0.5) is 17.1 Å². The van der Waals surface area contributed by atoms with Crippen LogP contribution in [0.15, 0.2) is 176 Å². The molecule has 1 heteroatoms. The van der Waals surface area contributed by atoms with Crippen molar-refractivity contribution in [3.63, 3.8) is 0 Å². The summed E-state index contributed by atoms with van der Waals surface area (Å²) in [7, 11) is 0. The third-order valence-electron chi connectivity index (χ3n) is 12.0. The largest absolute Gasteiger partial charge is 0.310 e. The second-order valence-electron chi connectivity index (χ2n) is 15.8. The van der Waals surface area contributed by atoms with Gasteiger partial charge in [0.2, 0.25) is 0 Å². The topological polar surface area (TPSA) is 3.24 Å². The highest BCUT2D eigenvalue weighted by Crippen LogP contribution is 2.55. The molecule has 8 aromatic carbocycles. The fourth-order valence-electron chi connectivity index (χ4n) is 9.35. The maximum Gasteiger partial charge on any atom is 0.0474 e. The van der Waals surface area contributed by atoms with Crippen LogP contribution >= 0.6 is 0 Å². The minimum absolute atomic E-state index is 0.0554. The fourth-order valence-corrected chi connectivity index (χ4v) is 9.35. The van der Waals surface area contributed by atoms with Gasteiger partial charge in [-0.3, -0.25) is 0 Å². The summed E-state index contributed by atoms with van der Waals surface area (Å²) in [5.41, 5.74) is 19.0. The highest BCUT2D eigenvalue weighted by molar-refractivity contribution is 5.95. The molecule has 0 aliphatic heterocycles. The van der Waals surface area contributed by atoms with Crippen molar-refractivity contribution in [1.82, 2.24) is 0 Å². The van der Waals surface area contributed by atoms with Crippen LogP contribution in [0.1, 0.15) is 49.9 Å². The molecule has 0 fully saturated rings. The summed E-state index contributed by atoms with van der Waals surface area (Å²) < 4.78 is 0. The van der Waals surface area contributed by atoms with Crippen molar-refractivity contribution in [1.29, 1.82) is 0 Å². The molecule has 10 rings (SSSR count). The molecule has 0 spiro atoms. The zero-order valence-corrected chi connectivity index (χ0v) is 30.7. The first-order valence-corrected chi connectivity index (χ1v) is 18.8. The molecule has 0 amide bonds. The molecule has 0 heterocycles. The van der Waals surface area contributed by atoms with Gasteiger partial charge in [-0.05, 0) is 120 Å². The van der Waals surface area contributed by atoms with Gasteiger partial charge in [-0.25, -0.2) is 0 Å². The minimum Gasteiger partial charge on any atom is -0.310 e. The number of fused-ring (bicyclic) bond motifs is 7. The lowest BCUT2D eigenvalue weighted by Gasteiger charge is -2.30. The molecule has 0 saturated carbocycles. The highest BCUT2D eigenvalue weighted by Gasteiger charge is 2.39. The van der Waals surface area contributed by atoms with Gasteiger partial charge >= 0.3 is 0 Å². The van der Waals surface area contributed by atoms with E-state index in [9.17, 15) is 0 Å². The third kappa shape index (κ3) is 4.84. The van der Waals surface area contributed by atoms with Crippen LogP contribution in [-0.2, 0) is 10.8 Å². The monoisotopic (exact) mass is 679 g/mol. The Bertz CT molecular complexity index is 2710. The number of hydrogen-bond donors (Lipinski definition) is 0. The number of anilines is 3. The van der Waals surface area contributed by atoms with Gasteiger partial charge in [0.15, 0.2) is 0 Å². The number of hydrogen-bond acceptors (Lipinski definition) is 1. The summed E-state index contributed by atoms with van der Waals surface area (Å²) in [6, 6.07) is 65.4. The van der Waals surface area contributed by atoms with E-state index < -0.39 is 0 Å². The number of benzene rings is 8. The maximum absolute atomic E-state index is 2.47. The Morgan fingerprint density at radius 2 is 0.868 bits per heavy atom. The third-order valence-corrected chi connectivity index (χ3v) is 12.0. The van der Waals surface area contributed by atoms with Crippen molar-refractivity contribution in [2.45, 2.75) is 38.5 Å². The summed E-state index contributed by atoms with van der Waals surface area (Å²) in [5, 5.41) is 2.52. The van der Waals surface area contributed by atoms with Gasteiger partial charge in [0, 0.05) is 27.9 Å². The molecule has 1 nitrogen and oxygen atoms in total. The summed E-state index contributed by atoms with van der Waals surface area (Å²) in [4.78, 5) is 2.47. The molecule has 2 aliphatic carbocycles. The zero-order chi connectivity index (χ0) is 35.9. The van der Waals surface area contributed by atoms with E-state index in [2.05, 4.69) is 209 Å². The summed E-state index contributed by atoms with van der Waals surface area (Å²) in [6.45, 7) is 9.47. The van der Waals surface area contributed by atoms with Crippen LogP contribution < -0.4 is 4.90 Å². The molecule has 0 unspecified atom stereocenters. The van der Waals surface area contributed by atoms with Gasteiger partial charge in [0.25, 0.3) is 0 Å². The van der Waals surface area contributed by atoms with E-state index >= 15 is 0 Å². The van der Waals surface area contributed by atoms with Crippen LogP contribution in [-0.4, -0.2) is 0 Å². The molecule has 2 aliphatic rings. The zero-order valence-electron chi connectivity index (χ0n) is 30.7. The van der Waals surface area contributed by atoms with E-state index in [-0.39, 0.29) is 10.8 Å². The van der Waals surface area contributed by atoms with Gasteiger partial charge in [-0.1, -0.05) is 161 Å². The SMILES string of the molecule is CC1(C)c2ccccc2-c2cc(N(c3ccc(-c4ccc5ccccc5c4)cc3)c3cc(-c4ccccc4)c4c(c3)-c3ccccc3C4(C)C)ccc21. The summed E-state index contributed by atoms with van der Waals surface area (Å²) >= 11 is 0. The molecular weight excluding hydrogens is 639 g/mol. The predicted molar refractivity (Wildman–Crippen MR) is 225 cm³/mol. The molecule has 0 radical (unpaired) electrons. The van der Waals surface area contributed by atoms with Crippen molar-refractivity contribution in [3.8, 4) is 44.5 Å². The minimum atomic E-state index is -0.134. The smallest absolute Gasteiger partial charge is 0.0474 e. The lowest BCUT2D eigenvalue weighted by molar-refractivity contribution is 0.660. The Morgan fingerprint density at radius 1 is 0.321 bits per heavy atom. The quantitative estimate of drug-likeness (QED) is 0.175.